The number of benzene rings is 1. The zero-order chi connectivity index (χ0) is 21.3. The maximum atomic E-state index is 14.1. The fourth-order valence-electron chi connectivity index (χ4n) is 6.94. The van der Waals surface area contributed by atoms with Crippen LogP contribution in [0.25, 0.3) is 0 Å². The van der Waals surface area contributed by atoms with Crippen molar-refractivity contribution in [3.05, 3.63) is 35.4 Å². The van der Waals surface area contributed by atoms with Crippen LogP contribution in [-0.4, -0.2) is 22.3 Å². The maximum absolute atomic E-state index is 14.1. The van der Waals surface area contributed by atoms with Crippen molar-refractivity contribution in [1.82, 2.24) is 4.90 Å². The minimum atomic E-state index is -0.610. The molecule has 4 aliphatic rings. The molecule has 3 aliphatic carbocycles. The minimum absolute atomic E-state index is 0.0651. The molecule has 2 atom stereocenters. The highest BCUT2D eigenvalue weighted by Gasteiger charge is 2.51. The molecule has 4 heteroatoms. The summed E-state index contributed by atoms with van der Waals surface area (Å²) in [5.41, 5.74) is 8.57. The van der Waals surface area contributed by atoms with Crippen molar-refractivity contribution in [3.63, 3.8) is 0 Å². The van der Waals surface area contributed by atoms with E-state index in [9.17, 15) is 4.79 Å². The second-order valence-corrected chi connectivity index (χ2v) is 10.7. The highest BCUT2D eigenvalue weighted by atomic mass is 16.2. The van der Waals surface area contributed by atoms with Crippen molar-refractivity contribution in [1.29, 1.82) is 0 Å². The van der Waals surface area contributed by atoms with Gasteiger partial charge in [0.1, 0.15) is 5.54 Å². The maximum Gasteiger partial charge on any atom is 0.257 e. The predicted molar refractivity (Wildman–Crippen MR) is 126 cm³/mol. The minimum Gasteiger partial charge on any atom is -0.369 e. The number of fused-ring (bicyclic) bond motifs is 1. The molecule has 1 aromatic carbocycles. The van der Waals surface area contributed by atoms with Crippen LogP contribution in [-0.2, 0) is 11.2 Å². The quantitative estimate of drug-likeness (QED) is 0.621. The molecule has 1 aromatic rings. The van der Waals surface area contributed by atoms with Gasteiger partial charge in [0.15, 0.2) is 5.96 Å². The standard InChI is InChI=1S/C27H39N3O/c28-26-29-27(19-21-11-5-2-6-12-21,18-17-20-9-3-1-4-10-20)25(31)30(26)24-16-15-22-13-7-8-14-23(22)24/h7-8,13-14,20-21,24H,1-6,9-12,15-19H2,(H2,28,29)/t24-,27?/m1/s1. The number of hydrogen-bond donors (Lipinski definition) is 1. The van der Waals surface area contributed by atoms with Crippen molar-refractivity contribution in [2.45, 2.75) is 108 Å². The highest BCUT2D eigenvalue weighted by molar-refractivity contribution is 6.07. The van der Waals surface area contributed by atoms with Crippen LogP contribution in [0, 0.1) is 11.8 Å². The van der Waals surface area contributed by atoms with Crippen LogP contribution in [0.2, 0.25) is 0 Å². The molecule has 2 fully saturated rings. The monoisotopic (exact) mass is 421 g/mol. The Labute approximate surface area is 187 Å². The zero-order valence-corrected chi connectivity index (χ0v) is 19.0. The Morgan fingerprint density at radius 1 is 0.935 bits per heavy atom. The largest absolute Gasteiger partial charge is 0.369 e. The number of amides is 1. The molecule has 1 unspecified atom stereocenters. The summed E-state index contributed by atoms with van der Waals surface area (Å²) in [6.45, 7) is 0. The number of hydrogen-bond acceptors (Lipinski definition) is 3. The van der Waals surface area contributed by atoms with Gasteiger partial charge in [0.2, 0.25) is 0 Å². The number of guanidine groups is 1. The molecule has 0 aromatic heterocycles. The highest BCUT2D eigenvalue weighted by Crippen LogP contribution is 2.45. The predicted octanol–water partition coefficient (Wildman–Crippen LogP) is 5.90. The van der Waals surface area contributed by atoms with Gasteiger partial charge in [0.25, 0.3) is 5.91 Å². The van der Waals surface area contributed by atoms with Gasteiger partial charge >= 0.3 is 0 Å². The molecular weight excluding hydrogens is 382 g/mol. The number of carbonyl (C=O) groups excluding carboxylic acids is 1. The third-order valence-corrected chi connectivity index (χ3v) is 8.65. The van der Waals surface area contributed by atoms with Gasteiger partial charge in [-0.05, 0) is 55.1 Å². The number of nitrogens with zero attached hydrogens (tertiary/aromatic N) is 2. The Kier molecular flexibility index (Phi) is 6.08. The number of carbonyl (C=O) groups is 1. The molecular formula is C27H39N3O. The molecule has 0 radical (unpaired) electrons. The zero-order valence-electron chi connectivity index (χ0n) is 19.0. The molecule has 168 valence electrons. The Balaban J connectivity index is 1.39. The summed E-state index contributed by atoms with van der Waals surface area (Å²) >= 11 is 0. The van der Waals surface area contributed by atoms with E-state index in [2.05, 4.69) is 24.3 Å². The van der Waals surface area contributed by atoms with E-state index in [1.54, 1.807) is 0 Å². The first kappa shape index (κ1) is 21.0. The van der Waals surface area contributed by atoms with Crippen molar-refractivity contribution >= 4 is 11.9 Å². The molecule has 2 saturated carbocycles. The second kappa shape index (κ2) is 8.96. The number of aliphatic imine (C=N–C) groups is 1. The van der Waals surface area contributed by atoms with E-state index in [0.717, 1.165) is 38.0 Å². The molecule has 0 spiro atoms. The van der Waals surface area contributed by atoms with Gasteiger partial charge < -0.3 is 5.73 Å². The van der Waals surface area contributed by atoms with E-state index >= 15 is 0 Å². The van der Waals surface area contributed by atoms with Gasteiger partial charge in [0, 0.05) is 0 Å². The van der Waals surface area contributed by atoms with Crippen molar-refractivity contribution in [3.8, 4) is 0 Å². The number of aryl methyl sites for hydroxylation is 1. The first-order chi connectivity index (χ1) is 15.2. The average molecular weight is 422 g/mol. The van der Waals surface area contributed by atoms with Crippen LogP contribution in [0.15, 0.2) is 29.3 Å². The number of nitrogens with two attached hydrogens (primary N) is 1. The third kappa shape index (κ3) is 4.15. The van der Waals surface area contributed by atoms with Crippen molar-refractivity contribution < 1.29 is 4.79 Å². The van der Waals surface area contributed by atoms with Crippen molar-refractivity contribution in [2.75, 3.05) is 0 Å². The molecule has 1 aliphatic heterocycles. The molecule has 0 saturated heterocycles. The van der Waals surface area contributed by atoms with E-state index in [1.807, 2.05) is 4.90 Å². The molecule has 0 bridgehead atoms. The second-order valence-electron chi connectivity index (χ2n) is 10.7. The molecule has 31 heavy (non-hydrogen) atoms. The van der Waals surface area contributed by atoms with Crippen LogP contribution in [0.3, 0.4) is 0 Å². The van der Waals surface area contributed by atoms with Gasteiger partial charge in [-0.15, -0.1) is 0 Å². The van der Waals surface area contributed by atoms with Crippen LogP contribution >= 0.6 is 0 Å². The summed E-state index contributed by atoms with van der Waals surface area (Å²) in [6.07, 6.45) is 18.1. The lowest BCUT2D eigenvalue weighted by molar-refractivity contribution is -0.134. The molecule has 1 heterocycles. The van der Waals surface area contributed by atoms with Gasteiger partial charge in [-0.1, -0.05) is 88.5 Å². The Morgan fingerprint density at radius 3 is 2.35 bits per heavy atom. The van der Waals surface area contributed by atoms with E-state index < -0.39 is 5.54 Å². The Hall–Kier alpha value is -1.84. The average Bonchev–Trinajstić information content (AvgIpc) is 3.32. The summed E-state index contributed by atoms with van der Waals surface area (Å²) < 4.78 is 0. The smallest absolute Gasteiger partial charge is 0.257 e. The Morgan fingerprint density at radius 2 is 1.61 bits per heavy atom. The van der Waals surface area contributed by atoms with Crippen LogP contribution < -0.4 is 5.73 Å². The third-order valence-electron chi connectivity index (χ3n) is 8.65. The lowest BCUT2D eigenvalue weighted by Gasteiger charge is -2.34. The van der Waals surface area contributed by atoms with E-state index in [0.29, 0.717) is 11.9 Å². The van der Waals surface area contributed by atoms with Gasteiger partial charge in [0.05, 0.1) is 6.04 Å². The lowest BCUT2D eigenvalue weighted by atomic mass is 9.75. The molecule has 5 rings (SSSR count). The van der Waals surface area contributed by atoms with Crippen LogP contribution in [0.5, 0.6) is 0 Å². The first-order valence-electron chi connectivity index (χ1n) is 12.9. The van der Waals surface area contributed by atoms with Gasteiger partial charge in [-0.25, -0.2) is 4.99 Å². The summed E-state index contributed by atoms with van der Waals surface area (Å²) in [7, 11) is 0. The normalized spacial score (nSPS) is 29.9. The summed E-state index contributed by atoms with van der Waals surface area (Å²) in [5.74, 6) is 2.07. The molecule has 4 nitrogen and oxygen atoms in total. The fraction of sp³-hybridized carbons (Fsp3) is 0.704. The van der Waals surface area contributed by atoms with Crippen molar-refractivity contribution in [2.24, 2.45) is 22.6 Å². The first-order valence-corrected chi connectivity index (χ1v) is 12.9. The lowest BCUT2D eigenvalue weighted by Crippen LogP contribution is -2.46. The molecule has 2 N–H and O–H groups in total. The van der Waals surface area contributed by atoms with E-state index in [-0.39, 0.29) is 11.9 Å². The van der Waals surface area contributed by atoms with E-state index in [1.165, 1.54) is 75.3 Å². The number of rotatable bonds is 6. The topological polar surface area (TPSA) is 58.7 Å². The van der Waals surface area contributed by atoms with Gasteiger partial charge in [-0.3, -0.25) is 9.69 Å². The summed E-state index contributed by atoms with van der Waals surface area (Å²) in [5, 5.41) is 0. The summed E-state index contributed by atoms with van der Waals surface area (Å²) in [6, 6.07) is 8.62. The van der Waals surface area contributed by atoms with Crippen LogP contribution in [0.1, 0.15) is 107 Å². The summed E-state index contributed by atoms with van der Waals surface area (Å²) in [4.78, 5) is 21.1. The SMILES string of the molecule is NC1=NC(CCC2CCCCC2)(CC2CCCCC2)C(=O)N1[C@@H]1CCc2ccccc21. The fourth-order valence-corrected chi connectivity index (χ4v) is 6.94. The van der Waals surface area contributed by atoms with Crippen LogP contribution in [0.4, 0.5) is 0 Å². The van der Waals surface area contributed by atoms with Gasteiger partial charge in [-0.2, -0.15) is 0 Å². The molecule has 1 amide bonds. The van der Waals surface area contributed by atoms with E-state index in [4.69, 9.17) is 10.7 Å². The Bertz CT molecular complexity index is 822.